The number of likely N-dealkylation sites (tertiary alicyclic amines) is 1. The second-order valence-corrected chi connectivity index (χ2v) is 9.08. The molecule has 1 saturated heterocycles. The van der Waals surface area contributed by atoms with E-state index in [1.54, 1.807) is 7.05 Å². The molecule has 0 spiro atoms. The topological polar surface area (TPSA) is 77.0 Å². The van der Waals surface area contributed by atoms with Gasteiger partial charge in [0, 0.05) is 33.2 Å². The molecule has 2 amide bonds. The first-order chi connectivity index (χ1) is 12.7. The van der Waals surface area contributed by atoms with Gasteiger partial charge < -0.3 is 15.5 Å². The first-order valence-corrected chi connectivity index (χ1v) is 9.86. The van der Waals surface area contributed by atoms with Gasteiger partial charge in [-0.05, 0) is 37.8 Å². The van der Waals surface area contributed by atoms with Crippen molar-refractivity contribution in [2.45, 2.75) is 20.3 Å². The lowest BCUT2D eigenvalue weighted by Gasteiger charge is -2.29. The quantitative estimate of drug-likeness (QED) is 0.294. The van der Waals surface area contributed by atoms with E-state index >= 15 is 0 Å². The van der Waals surface area contributed by atoms with Crippen LogP contribution in [0.3, 0.4) is 0 Å². The number of fused-ring (bicyclic) bond motifs is 5. The van der Waals surface area contributed by atoms with Crippen LogP contribution in [0.2, 0.25) is 0 Å². The van der Waals surface area contributed by atoms with Crippen molar-refractivity contribution in [1.29, 1.82) is 0 Å². The molecule has 7 heteroatoms. The van der Waals surface area contributed by atoms with Crippen LogP contribution in [-0.2, 0) is 9.59 Å². The van der Waals surface area contributed by atoms with Crippen LogP contribution in [0.1, 0.15) is 20.3 Å². The summed E-state index contributed by atoms with van der Waals surface area (Å²) < 4.78 is 0. The molecule has 1 aliphatic heterocycles. The number of guanidine groups is 1. The normalized spacial score (nSPS) is 29.9. The van der Waals surface area contributed by atoms with Crippen molar-refractivity contribution in [2.75, 3.05) is 47.3 Å². The third-order valence-electron chi connectivity index (χ3n) is 5.89. The van der Waals surface area contributed by atoms with Gasteiger partial charge in [-0.15, -0.1) is 0 Å². The van der Waals surface area contributed by atoms with Gasteiger partial charge >= 0.3 is 0 Å². The lowest BCUT2D eigenvalue weighted by atomic mass is 9.85. The van der Waals surface area contributed by atoms with E-state index in [2.05, 4.69) is 60.6 Å². The number of imide groups is 1. The van der Waals surface area contributed by atoms with E-state index in [0.29, 0.717) is 19.0 Å². The van der Waals surface area contributed by atoms with Crippen LogP contribution in [0.4, 0.5) is 0 Å². The first kappa shape index (κ1) is 19.9. The Balaban J connectivity index is 1.46. The lowest BCUT2D eigenvalue weighted by molar-refractivity contribution is -0.140. The first-order valence-electron chi connectivity index (χ1n) is 9.86. The lowest BCUT2D eigenvalue weighted by Crippen LogP contribution is -2.47. The molecule has 150 valence electrons. The minimum Gasteiger partial charge on any atom is -0.356 e. The highest BCUT2D eigenvalue weighted by atomic mass is 16.2. The Morgan fingerprint density at radius 3 is 2.30 bits per heavy atom. The van der Waals surface area contributed by atoms with Gasteiger partial charge in [0.15, 0.2) is 5.96 Å². The van der Waals surface area contributed by atoms with Gasteiger partial charge in [-0.25, -0.2) is 0 Å². The Labute approximate surface area is 162 Å². The van der Waals surface area contributed by atoms with Gasteiger partial charge in [0.25, 0.3) is 0 Å². The highest BCUT2D eigenvalue weighted by Crippen LogP contribution is 2.52. The van der Waals surface area contributed by atoms with Crippen LogP contribution in [0.15, 0.2) is 17.1 Å². The maximum absolute atomic E-state index is 12.7. The van der Waals surface area contributed by atoms with Crippen LogP contribution in [0, 0.1) is 29.1 Å². The Morgan fingerprint density at radius 1 is 1.19 bits per heavy atom. The average molecular weight is 376 g/mol. The Morgan fingerprint density at radius 2 is 1.78 bits per heavy atom. The minimum atomic E-state index is -0.114. The molecule has 27 heavy (non-hydrogen) atoms. The van der Waals surface area contributed by atoms with E-state index in [1.807, 2.05) is 0 Å². The number of amides is 2. The van der Waals surface area contributed by atoms with Gasteiger partial charge in [0.2, 0.25) is 11.8 Å². The van der Waals surface area contributed by atoms with Crippen molar-refractivity contribution >= 4 is 17.8 Å². The van der Waals surface area contributed by atoms with Crippen molar-refractivity contribution in [3.63, 3.8) is 0 Å². The second-order valence-electron chi connectivity index (χ2n) is 9.08. The summed E-state index contributed by atoms with van der Waals surface area (Å²) in [5, 5.41) is 6.57. The Bertz CT molecular complexity index is 625. The van der Waals surface area contributed by atoms with Crippen molar-refractivity contribution < 1.29 is 9.59 Å². The number of hydrogen-bond acceptors (Lipinski definition) is 4. The summed E-state index contributed by atoms with van der Waals surface area (Å²) in [6.45, 7) is 7.06. The van der Waals surface area contributed by atoms with Crippen LogP contribution >= 0.6 is 0 Å². The molecule has 7 nitrogen and oxygen atoms in total. The molecule has 0 aromatic rings. The van der Waals surface area contributed by atoms with Crippen LogP contribution < -0.4 is 10.6 Å². The Kier molecular flexibility index (Phi) is 5.60. The summed E-state index contributed by atoms with van der Waals surface area (Å²) in [6, 6.07) is 0. The second kappa shape index (κ2) is 7.62. The molecule has 0 aromatic carbocycles. The van der Waals surface area contributed by atoms with Gasteiger partial charge in [-0.1, -0.05) is 26.0 Å². The standard InChI is InChI=1S/C20H33N5O2/c1-20(2,12-24(4)5)11-23-19(21-3)22-8-9-25-17(26)15-13-6-7-14(10-13)16(15)18(25)27/h6-7,13-16H,8-12H2,1-5H3,(H2,21,22,23). The van der Waals surface area contributed by atoms with Gasteiger partial charge in [0.05, 0.1) is 11.8 Å². The van der Waals surface area contributed by atoms with E-state index in [-0.39, 0.29) is 40.9 Å². The summed E-state index contributed by atoms with van der Waals surface area (Å²) in [4.78, 5) is 33.2. The molecule has 0 radical (unpaired) electrons. The molecule has 2 fully saturated rings. The van der Waals surface area contributed by atoms with Crippen molar-refractivity contribution in [3.8, 4) is 0 Å². The summed E-state index contributed by atoms with van der Waals surface area (Å²) in [6.07, 6.45) is 5.22. The number of nitrogens with one attached hydrogen (secondary N) is 2. The molecule has 2 aliphatic carbocycles. The van der Waals surface area contributed by atoms with Crippen molar-refractivity contribution in [1.82, 2.24) is 20.4 Å². The average Bonchev–Trinajstić information content (AvgIpc) is 3.25. The largest absolute Gasteiger partial charge is 0.356 e. The van der Waals surface area contributed by atoms with Crippen LogP contribution in [0.5, 0.6) is 0 Å². The molecule has 1 saturated carbocycles. The van der Waals surface area contributed by atoms with Gasteiger partial charge in [-0.2, -0.15) is 0 Å². The number of nitrogens with zero attached hydrogens (tertiary/aromatic N) is 3. The molecule has 3 rings (SSSR count). The number of aliphatic imine (C=N–C) groups is 1. The van der Waals surface area contributed by atoms with Gasteiger partial charge in [0.1, 0.15) is 0 Å². The third kappa shape index (κ3) is 4.03. The zero-order valence-electron chi connectivity index (χ0n) is 17.2. The number of carbonyl (C=O) groups is 2. The molecule has 2 bridgehead atoms. The fourth-order valence-electron chi connectivity index (χ4n) is 4.93. The molecule has 4 unspecified atom stereocenters. The maximum Gasteiger partial charge on any atom is 0.233 e. The summed E-state index contributed by atoms with van der Waals surface area (Å²) in [7, 11) is 5.86. The van der Waals surface area contributed by atoms with E-state index in [0.717, 1.165) is 19.5 Å². The minimum absolute atomic E-state index is 0.0127. The molecular formula is C20H33N5O2. The summed E-state index contributed by atoms with van der Waals surface area (Å²) in [5.41, 5.74) is 0.103. The van der Waals surface area contributed by atoms with Crippen LogP contribution in [-0.4, -0.2) is 74.9 Å². The molecular weight excluding hydrogens is 342 g/mol. The highest BCUT2D eigenvalue weighted by Gasteiger charge is 2.58. The predicted octanol–water partition coefficient (Wildman–Crippen LogP) is 0.546. The molecule has 2 N–H and O–H groups in total. The summed E-state index contributed by atoms with van der Waals surface area (Å²) in [5.74, 6) is 1.03. The van der Waals surface area contributed by atoms with E-state index < -0.39 is 0 Å². The van der Waals surface area contributed by atoms with Gasteiger partial charge in [-0.3, -0.25) is 19.5 Å². The number of allylic oxidation sites excluding steroid dienone is 2. The van der Waals surface area contributed by atoms with E-state index in [9.17, 15) is 9.59 Å². The molecule has 3 aliphatic rings. The van der Waals surface area contributed by atoms with Crippen LogP contribution in [0.25, 0.3) is 0 Å². The molecule has 4 atom stereocenters. The van der Waals surface area contributed by atoms with E-state index in [4.69, 9.17) is 0 Å². The number of rotatable bonds is 7. The molecule has 1 heterocycles. The number of carbonyl (C=O) groups excluding carboxylic acids is 2. The zero-order chi connectivity index (χ0) is 19.8. The van der Waals surface area contributed by atoms with Crippen molar-refractivity contribution in [2.24, 2.45) is 34.1 Å². The number of hydrogen-bond donors (Lipinski definition) is 2. The smallest absolute Gasteiger partial charge is 0.233 e. The van der Waals surface area contributed by atoms with Crippen molar-refractivity contribution in [3.05, 3.63) is 12.2 Å². The fraction of sp³-hybridized carbons (Fsp3) is 0.750. The Hall–Kier alpha value is -1.89. The predicted molar refractivity (Wildman–Crippen MR) is 106 cm³/mol. The summed E-state index contributed by atoms with van der Waals surface area (Å²) >= 11 is 0. The molecule has 0 aromatic heterocycles. The zero-order valence-corrected chi connectivity index (χ0v) is 17.2. The third-order valence-corrected chi connectivity index (χ3v) is 5.89. The fourth-order valence-corrected chi connectivity index (χ4v) is 4.93. The highest BCUT2D eigenvalue weighted by molar-refractivity contribution is 6.06. The monoisotopic (exact) mass is 375 g/mol. The SMILES string of the molecule is CN=C(NCCN1C(=O)C2C3C=CC(C3)C2C1=O)NCC(C)(C)CN(C)C. The maximum atomic E-state index is 12.7. The van der Waals surface area contributed by atoms with E-state index in [1.165, 1.54) is 4.90 Å².